The Hall–Kier alpha value is 0.870. The van der Waals surface area contributed by atoms with E-state index in [9.17, 15) is 18.1 Å². The number of hydrogen-bond acceptors (Lipinski definition) is 4. The van der Waals surface area contributed by atoms with E-state index in [1.54, 1.807) is 0 Å². The molecule has 0 aliphatic carbocycles. The summed E-state index contributed by atoms with van der Waals surface area (Å²) in [7, 11) is -4.07. The fraction of sp³-hybridized carbons (Fsp3) is 1.00. The topological polar surface area (TPSA) is 77.4 Å². The Morgan fingerprint density at radius 1 is 1.12 bits per heavy atom. The third kappa shape index (κ3) is 14.9. The van der Waals surface area contributed by atoms with Crippen LogP contribution in [0.3, 0.4) is 0 Å². The first-order valence-electron chi connectivity index (χ1n) is 5.57. The van der Waals surface area contributed by atoms with Gasteiger partial charge in [0.15, 0.2) is 0 Å². The molecule has 4 nitrogen and oxygen atoms in total. The van der Waals surface area contributed by atoms with Gasteiger partial charge in [0.25, 0.3) is 0 Å². The summed E-state index contributed by atoms with van der Waals surface area (Å²) in [5, 5.41) is 9.48. The van der Waals surface area contributed by atoms with Gasteiger partial charge in [-0.25, -0.2) is 8.42 Å². The van der Waals surface area contributed by atoms with Crippen molar-refractivity contribution < 1.29 is 47.6 Å². The quantitative estimate of drug-likeness (QED) is 0.316. The summed E-state index contributed by atoms with van der Waals surface area (Å²) >= 11 is 0. The Labute approximate surface area is 121 Å². The van der Waals surface area contributed by atoms with E-state index < -0.39 is 10.1 Å². The van der Waals surface area contributed by atoms with Gasteiger partial charge in [-0.15, -0.1) is 0 Å². The van der Waals surface area contributed by atoms with E-state index in [-0.39, 0.29) is 41.4 Å². The van der Waals surface area contributed by atoms with E-state index in [1.807, 2.05) is 0 Å². The zero-order chi connectivity index (χ0) is 11.7. The third-order valence-electron chi connectivity index (χ3n) is 2.32. The van der Waals surface area contributed by atoms with Crippen LogP contribution in [0, 0.1) is 0 Å². The Morgan fingerprint density at radius 2 is 1.62 bits per heavy atom. The van der Waals surface area contributed by atoms with Crippen LogP contribution in [0.1, 0.15) is 51.9 Å². The van der Waals surface area contributed by atoms with Crippen molar-refractivity contribution in [3.05, 3.63) is 0 Å². The maximum absolute atomic E-state index is 10.3. The van der Waals surface area contributed by atoms with Crippen LogP contribution in [0.2, 0.25) is 0 Å². The molecule has 0 saturated carbocycles. The maximum atomic E-state index is 10.3. The minimum Gasteiger partial charge on any atom is -0.748 e. The van der Waals surface area contributed by atoms with Gasteiger partial charge in [-0.05, 0) is 25.7 Å². The molecule has 0 aromatic heterocycles. The molecular weight excluding hydrogens is 239 g/mol. The molecule has 1 unspecified atom stereocenters. The van der Waals surface area contributed by atoms with Crippen molar-refractivity contribution in [1.29, 1.82) is 0 Å². The van der Waals surface area contributed by atoms with Crippen molar-refractivity contribution in [1.82, 2.24) is 0 Å². The molecule has 1 N–H and O–H groups in total. The molecule has 0 saturated heterocycles. The molecule has 0 rings (SSSR count). The summed E-state index contributed by atoms with van der Waals surface area (Å²) in [5.74, 6) is -0.311. The number of hydrogen-bond donors (Lipinski definition) is 1. The van der Waals surface area contributed by atoms with Gasteiger partial charge in [0.2, 0.25) is 0 Å². The van der Waals surface area contributed by atoms with Crippen molar-refractivity contribution in [2.45, 2.75) is 58.0 Å². The van der Waals surface area contributed by atoms with Crippen molar-refractivity contribution in [2.24, 2.45) is 0 Å². The first kappa shape index (κ1) is 19.2. The minimum atomic E-state index is -4.07. The van der Waals surface area contributed by atoms with Crippen LogP contribution in [0.4, 0.5) is 0 Å². The molecule has 0 amide bonds. The van der Waals surface area contributed by atoms with Crippen LogP contribution in [-0.4, -0.2) is 29.9 Å². The molecule has 0 bridgehead atoms. The van der Waals surface area contributed by atoms with Crippen LogP contribution in [-0.2, 0) is 10.1 Å². The molecule has 0 aliphatic rings. The first-order chi connectivity index (χ1) is 6.95. The molecule has 0 fully saturated rings. The summed E-state index contributed by atoms with van der Waals surface area (Å²) in [5.41, 5.74) is 0. The van der Waals surface area contributed by atoms with Gasteiger partial charge in [0, 0.05) is 5.75 Å². The molecule has 0 aliphatic heterocycles. The van der Waals surface area contributed by atoms with Gasteiger partial charge >= 0.3 is 29.6 Å². The zero-order valence-corrected chi connectivity index (χ0v) is 13.1. The van der Waals surface area contributed by atoms with Crippen molar-refractivity contribution >= 4 is 10.1 Å². The molecule has 0 spiro atoms. The van der Waals surface area contributed by atoms with Crippen molar-refractivity contribution in [3.63, 3.8) is 0 Å². The monoisotopic (exact) mass is 260 g/mol. The zero-order valence-electron chi connectivity index (χ0n) is 10.3. The first-order valence-corrected chi connectivity index (χ1v) is 7.15. The second-order valence-corrected chi connectivity index (χ2v) is 5.43. The largest absolute Gasteiger partial charge is 1.00 e. The van der Waals surface area contributed by atoms with E-state index in [2.05, 4.69) is 6.92 Å². The van der Waals surface area contributed by atoms with E-state index in [0.29, 0.717) is 19.3 Å². The fourth-order valence-electron chi connectivity index (χ4n) is 1.43. The predicted octanol–water partition coefficient (Wildman–Crippen LogP) is -1.35. The van der Waals surface area contributed by atoms with Crippen LogP contribution in [0.25, 0.3) is 0 Å². The molecule has 6 heteroatoms. The number of rotatable bonds is 9. The van der Waals surface area contributed by atoms with E-state index >= 15 is 0 Å². The summed E-state index contributed by atoms with van der Waals surface area (Å²) in [6.45, 7) is 2.10. The van der Waals surface area contributed by atoms with Crippen molar-refractivity contribution in [3.8, 4) is 0 Å². The van der Waals surface area contributed by atoms with Gasteiger partial charge in [0.1, 0.15) is 0 Å². The van der Waals surface area contributed by atoms with E-state index in [0.717, 1.165) is 25.7 Å². The Bertz CT molecular complexity index is 241. The Morgan fingerprint density at radius 3 is 2.06 bits per heavy atom. The molecule has 1 atom stereocenters. The SMILES string of the molecule is CCCCCC(O)CCCCS(=O)(=O)[O-].[Na+]. The molecule has 0 heterocycles. The van der Waals surface area contributed by atoms with Gasteiger partial charge in [-0.1, -0.05) is 26.2 Å². The van der Waals surface area contributed by atoms with Crippen LogP contribution < -0.4 is 29.6 Å². The second kappa shape index (κ2) is 11.0. The van der Waals surface area contributed by atoms with Gasteiger partial charge in [-0.2, -0.15) is 0 Å². The number of aliphatic hydroxyl groups excluding tert-OH is 1. The molecule has 0 aromatic carbocycles. The standard InChI is InChI=1S/C10H22O4S.Na/c1-2-3-4-7-10(11)8-5-6-9-15(12,13)14;/h10-11H,2-9H2,1H3,(H,12,13,14);/q;+1/p-1. The van der Waals surface area contributed by atoms with Crippen LogP contribution in [0.15, 0.2) is 0 Å². The molecule has 92 valence electrons. The second-order valence-electron chi connectivity index (χ2n) is 3.91. The number of unbranched alkanes of at least 4 members (excludes halogenated alkanes) is 3. The normalized spacial score (nSPS) is 13.2. The van der Waals surface area contributed by atoms with Crippen LogP contribution in [0.5, 0.6) is 0 Å². The minimum absolute atomic E-state index is 0. The Kier molecular flexibility index (Phi) is 13.2. The average Bonchev–Trinajstić information content (AvgIpc) is 2.11. The predicted molar refractivity (Wildman–Crippen MR) is 58.6 cm³/mol. The molecular formula is C10H21NaO4S. The van der Waals surface area contributed by atoms with Gasteiger partial charge in [-0.3, -0.25) is 0 Å². The van der Waals surface area contributed by atoms with E-state index in [1.165, 1.54) is 0 Å². The fourth-order valence-corrected chi connectivity index (χ4v) is 1.99. The van der Waals surface area contributed by atoms with E-state index in [4.69, 9.17) is 0 Å². The third-order valence-corrected chi connectivity index (χ3v) is 3.11. The summed E-state index contributed by atoms with van der Waals surface area (Å²) in [4.78, 5) is 0. The van der Waals surface area contributed by atoms with Crippen molar-refractivity contribution in [2.75, 3.05) is 5.75 Å². The summed E-state index contributed by atoms with van der Waals surface area (Å²) < 4.78 is 30.8. The molecule has 16 heavy (non-hydrogen) atoms. The maximum Gasteiger partial charge on any atom is 1.00 e. The Balaban J connectivity index is 0. The van der Waals surface area contributed by atoms with Crippen LogP contribution >= 0.6 is 0 Å². The summed E-state index contributed by atoms with van der Waals surface area (Å²) in [6, 6.07) is 0. The van der Waals surface area contributed by atoms with Gasteiger partial charge in [0.05, 0.1) is 16.2 Å². The smallest absolute Gasteiger partial charge is 0.748 e. The molecule has 0 radical (unpaired) electrons. The van der Waals surface area contributed by atoms with Gasteiger partial charge < -0.3 is 9.66 Å². The number of aliphatic hydroxyl groups is 1. The average molecular weight is 260 g/mol. The summed E-state index contributed by atoms with van der Waals surface area (Å²) in [6.07, 6.45) is 5.25. The molecule has 0 aromatic rings.